The summed E-state index contributed by atoms with van der Waals surface area (Å²) in [5.41, 5.74) is -0.367. The molecule has 92 valence electrons. The molecule has 2 atom stereocenters. The second-order valence-corrected chi connectivity index (χ2v) is 8.02. The van der Waals surface area contributed by atoms with Crippen LogP contribution in [0.1, 0.15) is 20.8 Å². The van der Waals surface area contributed by atoms with Gasteiger partial charge in [0.15, 0.2) is 9.84 Å². The van der Waals surface area contributed by atoms with Crippen molar-refractivity contribution in [1.29, 1.82) is 0 Å². The van der Waals surface area contributed by atoms with E-state index in [1.807, 2.05) is 6.08 Å². The van der Waals surface area contributed by atoms with Crippen molar-refractivity contribution in [2.45, 2.75) is 26.8 Å². The van der Waals surface area contributed by atoms with Crippen LogP contribution in [0.2, 0.25) is 0 Å². The van der Waals surface area contributed by atoms with E-state index in [0.29, 0.717) is 11.8 Å². The fourth-order valence-corrected chi connectivity index (χ4v) is 6.08. The van der Waals surface area contributed by atoms with Crippen molar-refractivity contribution < 1.29 is 8.42 Å². The van der Waals surface area contributed by atoms with Crippen LogP contribution < -0.4 is 0 Å². The first kappa shape index (κ1) is 12.1. The van der Waals surface area contributed by atoms with Crippen molar-refractivity contribution in [3.05, 3.63) is 12.7 Å². The molecule has 3 nitrogen and oxygen atoms in total. The summed E-state index contributed by atoms with van der Waals surface area (Å²) in [6, 6.07) is 0.474. The van der Waals surface area contributed by atoms with Crippen molar-refractivity contribution in [1.82, 2.24) is 4.90 Å². The largest absolute Gasteiger partial charge is 0.299 e. The zero-order valence-corrected chi connectivity index (χ0v) is 11.2. The van der Waals surface area contributed by atoms with Crippen LogP contribution in [0.15, 0.2) is 12.7 Å². The van der Waals surface area contributed by atoms with E-state index in [1.54, 1.807) is 0 Å². The molecule has 0 spiro atoms. The first-order valence-electron chi connectivity index (χ1n) is 5.82. The van der Waals surface area contributed by atoms with Gasteiger partial charge in [-0.2, -0.15) is 0 Å². The van der Waals surface area contributed by atoms with E-state index in [-0.39, 0.29) is 16.6 Å². The molecular formula is C12H21NO2S. The predicted octanol–water partition coefficient (Wildman–Crippen LogP) is 1.32. The van der Waals surface area contributed by atoms with Crippen molar-refractivity contribution in [2.24, 2.45) is 10.8 Å². The molecule has 2 heterocycles. The SMILES string of the molecule is C=C[C@]12CN(C(C)C)C[C@@]1(C)CS(=O)(=O)C2. The molecule has 4 heteroatoms. The lowest BCUT2D eigenvalue weighted by Gasteiger charge is -2.31. The van der Waals surface area contributed by atoms with Crippen LogP contribution in [0.25, 0.3) is 0 Å². The standard InChI is InChI=1S/C12H21NO2S/c1-5-12-7-13(10(2)3)6-11(12,4)8-16(14,15)9-12/h5,10H,1,6-9H2,2-4H3/t11-,12+/m0/s1. The summed E-state index contributed by atoms with van der Waals surface area (Å²) >= 11 is 0. The van der Waals surface area contributed by atoms with Gasteiger partial charge in [-0.25, -0.2) is 8.42 Å². The maximum absolute atomic E-state index is 11.8. The monoisotopic (exact) mass is 243 g/mol. The third kappa shape index (κ3) is 1.54. The smallest absolute Gasteiger partial charge is 0.151 e. The Bertz CT molecular complexity index is 415. The van der Waals surface area contributed by atoms with Crippen LogP contribution in [-0.2, 0) is 9.84 Å². The summed E-state index contributed by atoms with van der Waals surface area (Å²) in [4.78, 5) is 2.37. The maximum atomic E-state index is 11.8. The lowest BCUT2D eigenvalue weighted by atomic mass is 9.70. The second kappa shape index (κ2) is 3.33. The molecule has 0 N–H and O–H groups in total. The molecule has 16 heavy (non-hydrogen) atoms. The molecule has 0 radical (unpaired) electrons. The average Bonchev–Trinajstić information content (AvgIpc) is 2.47. The van der Waals surface area contributed by atoms with E-state index >= 15 is 0 Å². The molecule has 0 aromatic carbocycles. The minimum Gasteiger partial charge on any atom is -0.299 e. The molecule has 2 fully saturated rings. The summed E-state index contributed by atoms with van der Waals surface area (Å²) in [5, 5.41) is 0. The molecular weight excluding hydrogens is 222 g/mol. The highest BCUT2D eigenvalue weighted by atomic mass is 32.2. The van der Waals surface area contributed by atoms with Crippen molar-refractivity contribution in [3.8, 4) is 0 Å². The quantitative estimate of drug-likeness (QED) is 0.686. The van der Waals surface area contributed by atoms with E-state index in [4.69, 9.17) is 0 Å². The number of nitrogens with zero attached hydrogens (tertiary/aromatic N) is 1. The van der Waals surface area contributed by atoms with Gasteiger partial charge in [0, 0.05) is 30.0 Å². The van der Waals surface area contributed by atoms with E-state index in [1.165, 1.54) is 0 Å². The Kier molecular flexibility index (Phi) is 2.52. The minimum absolute atomic E-state index is 0.141. The number of hydrogen-bond donors (Lipinski definition) is 0. The van der Waals surface area contributed by atoms with Crippen LogP contribution in [-0.4, -0.2) is 44.0 Å². The molecule has 2 aliphatic heterocycles. The van der Waals surface area contributed by atoms with E-state index in [0.717, 1.165) is 13.1 Å². The number of rotatable bonds is 2. The van der Waals surface area contributed by atoms with Gasteiger partial charge in [-0.3, -0.25) is 4.90 Å². The highest BCUT2D eigenvalue weighted by molar-refractivity contribution is 7.91. The highest BCUT2D eigenvalue weighted by Gasteiger charge is 2.61. The highest BCUT2D eigenvalue weighted by Crippen LogP contribution is 2.54. The molecule has 2 aliphatic rings. The third-order valence-electron chi connectivity index (χ3n) is 4.38. The minimum atomic E-state index is -2.88. The summed E-state index contributed by atoms with van der Waals surface area (Å²) < 4.78 is 23.6. The molecule has 0 aliphatic carbocycles. The molecule has 0 unspecified atom stereocenters. The van der Waals surface area contributed by atoms with Gasteiger partial charge in [-0.1, -0.05) is 13.0 Å². The van der Waals surface area contributed by atoms with Gasteiger partial charge in [0.25, 0.3) is 0 Å². The summed E-state index contributed by atoms with van der Waals surface area (Å²) in [7, 11) is -2.88. The van der Waals surface area contributed by atoms with Crippen molar-refractivity contribution in [3.63, 3.8) is 0 Å². The van der Waals surface area contributed by atoms with Gasteiger partial charge in [0.2, 0.25) is 0 Å². The Morgan fingerprint density at radius 2 is 1.94 bits per heavy atom. The van der Waals surface area contributed by atoms with Crippen molar-refractivity contribution in [2.75, 3.05) is 24.6 Å². The molecule has 0 aromatic rings. The van der Waals surface area contributed by atoms with Crippen LogP contribution >= 0.6 is 0 Å². The van der Waals surface area contributed by atoms with Gasteiger partial charge >= 0.3 is 0 Å². The summed E-state index contributed by atoms with van der Waals surface area (Å²) in [6.07, 6.45) is 1.89. The van der Waals surface area contributed by atoms with Gasteiger partial charge in [-0.15, -0.1) is 6.58 Å². The van der Waals surface area contributed by atoms with Crippen LogP contribution in [0.3, 0.4) is 0 Å². The molecule has 0 bridgehead atoms. The van der Waals surface area contributed by atoms with Gasteiger partial charge < -0.3 is 0 Å². The predicted molar refractivity (Wildman–Crippen MR) is 66.1 cm³/mol. The van der Waals surface area contributed by atoms with E-state index in [2.05, 4.69) is 32.3 Å². The fourth-order valence-electron chi connectivity index (χ4n) is 3.29. The second-order valence-electron chi connectivity index (χ2n) is 5.95. The first-order chi connectivity index (χ1) is 7.24. The van der Waals surface area contributed by atoms with Gasteiger partial charge in [0.1, 0.15) is 0 Å². The number of sulfone groups is 1. The molecule has 0 aromatic heterocycles. The van der Waals surface area contributed by atoms with Crippen LogP contribution in [0, 0.1) is 10.8 Å². The van der Waals surface area contributed by atoms with Crippen LogP contribution in [0.4, 0.5) is 0 Å². The van der Waals surface area contributed by atoms with E-state index < -0.39 is 9.84 Å². The van der Waals surface area contributed by atoms with Crippen molar-refractivity contribution >= 4 is 9.84 Å². The zero-order valence-electron chi connectivity index (χ0n) is 10.4. The summed E-state index contributed by atoms with van der Waals surface area (Å²) in [5.74, 6) is 0.596. The normalized spacial score (nSPS) is 42.5. The number of hydrogen-bond acceptors (Lipinski definition) is 3. The Hall–Kier alpha value is -0.350. The molecule has 2 saturated heterocycles. The van der Waals surface area contributed by atoms with Gasteiger partial charge in [-0.05, 0) is 13.8 Å². The lowest BCUT2D eigenvalue weighted by molar-refractivity contribution is 0.240. The Labute approximate surface area is 98.4 Å². The zero-order chi connectivity index (χ0) is 12.2. The number of likely N-dealkylation sites (tertiary alicyclic amines) is 1. The molecule has 0 saturated carbocycles. The Balaban J connectivity index is 2.39. The average molecular weight is 243 g/mol. The lowest BCUT2D eigenvalue weighted by Crippen LogP contribution is -2.35. The van der Waals surface area contributed by atoms with Gasteiger partial charge in [0.05, 0.1) is 11.5 Å². The Morgan fingerprint density at radius 1 is 1.31 bits per heavy atom. The molecule has 0 amide bonds. The maximum Gasteiger partial charge on any atom is 0.151 e. The first-order valence-corrected chi connectivity index (χ1v) is 7.64. The Morgan fingerprint density at radius 3 is 2.38 bits per heavy atom. The number of fused-ring (bicyclic) bond motifs is 1. The van der Waals surface area contributed by atoms with Crippen LogP contribution in [0.5, 0.6) is 0 Å². The fraction of sp³-hybridized carbons (Fsp3) is 0.833. The van der Waals surface area contributed by atoms with E-state index in [9.17, 15) is 8.42 Å². The topological polar surface area (TPSA) is 37.4 Å². The third-order valence-corrected chi connectivity index (χ3v) is 6.41. The molecule has 2 rings (SSSR count). The summed E-state index contributed by atoms with van der Waals surface area (Å²) in [6.45, 7) is 12.0.